The number of rotatable bonds is 5. The molecule has 0 aliphatic carbocycles. The molecule has 1 aliphatic heterocycles. The molecule has 0 bridgehead atoms. The van der Waals surface area contributed by atoms with Gasteiger partial charge in [0.2, 0.25) is 0 Å². The summed E-state index contributed by atoms with van der Waals surface area (Å²) in [5.74, 6) is 0.932. The molecule has 4 aromatic rings. The van der Waals surface area contributed by atoms with Gasteiger partial charge in [0, 0.05) is 46.8 Å². The van der Waals surface area contributed by atoms with Crippen molar-refractivity contribution in [1.82, 2.24) is 19.5 Å². The molecule has 164 valence electrons. The van der Waals surface area contributed by atoms with Crippen molar-refractivity contribution in [3.05, 3.63) is 80.3 Å². The summed E-state index contributed by atoms with van der Waals surface area (Å²) in [4.78, 5) is 7.32. The van der Waals surface area contributed by atoms with Gasteiger partial charge in [-0.3, -0.25) is 4.90 Å². The van der Waals surface area contributed by atoms with Gasteiger partial charge in [-0.15, -0.1) is 0 Å². The van der Waals surface area contributed by atoms with Gasteiger partial charge in [0.1, 0.15) is 5.82 Å². The molecule has 0 unspecified atom stereocenters. The van der Waals surface area contributed by atoms with Crippen LogP contribution in [-0.2, 0) is 6.54 Å². The number of nitrogens with one attached hydrogen (secondary N) is 1. The van der Waals surface area contributed by atoms with Crippen LogP contribution in [0.5, 0.6) is 0 Å². The monoisotopic (exact) mass is 573 g/mol. The fourth-order valence-electron chi connectivity index (χ4n) is 4.18. The Morgan fingerprint density at radius 1 is 1.03 bits per heavy atom. The zero-order valence-corrected chi connectivity index (χ0v) is 21.2. The SMILES string of the molecule is Clc1ccccc1-c1cc(NC2CCN(Cc3cccc(Br)c3)CC2)n2ncc(Br)c2n1. The van der Waals surface area contributed by atoms with Crippen molar-refractivity contribution in [2.24, 2.45) is 0 Å². The number of hydrogen-bond donors (Lipinski definition) is 1. The molecule has 5 nitrogen and oxygen atoms in total. The van der Waals surface area contributed by atoms with Crippen LogP contribution in [0.1, 0.15) is 18.4 Å². The van der Waals surface area contributed by atoms with Crippen LogP contribution in [0.3, 0.4) is 0 Å². The average molecular weight is 576 g/mol. The lowest BCUT2D eigenvalue weighted by Gasteiger charge is -2.33. The summed E-state index contributed by atoms with van der Waals surface area (Å²) in [6.45, 7) is 3.09. The van der Waals surface area contributed by atoms with Crippen molar-refractivity contribution < 1.29 is 0 Å². The molecule has 1 aliphatic rings. The van der Waals surface area contributed by atoms with Gasteiger partial charge in [-0.2, -0.15) is 9.61 Å². The third kappa shape index (κ3) is 4.71. The molecule has 32 heavy (non-hydrogen) atoms. The third-order valence-corrected chi connectivity index (χ3v) is 7.20. The number of benzene rings is 2. The van der Waals surface area contributed by atoms with E-state index in [0.717, 1.165) is 64.1 Å². The van der Waals surface area contributed by atoms with Gasteiger partial charge < -0.3 is 5.32 Å². The second kappa shape index (κ2) is 9.51. The first-order chi connectivity index (χ1) is 15.6. The minimum Gasteiger partial charge on any atom is -0.367 e. The molecule has 2 aromatic carbocycles. The molecular formula is C24H22Br2ClN5. The second-order valence-corrected chi connectivity index (χ2v) is 10.2. The molecule has 2 aromatic heterocycles. The highest BCUT2D eigenvalue weighted by Gasteiger charge is 2.21. The zero-order valence-electron chi connectivity index (χ0n) is 17.3. The number of halogens is 3. The maximum Gasteiger partial charge on any atom is 0.172 e. The number of aromatic nitrogens is 3. The summed E-state index contributed by atoms with van der Waals surface area (Å²) in [5, 5.41) is 8.93. The first-order valence-corrected chi connectivity index (χ1v) is 12.6. The first-order valence-electron chi connectivity index (χ1n) is 10.6. The van der Waals surface area contributed by atoms with E-state index in [2.05, 4.69) is 71.4 Å². The molecule has 1 saturated heterocycles. The van der Waals surface area contributed by atoms with E-state index in [1.165, 1.54) is 5.56 Å². The standard InChI is InChI=1S/C24H22Br2ClN5/c25-17-5-3-4-16(12-17)15-31-10-8-18(9-11-31)29-23-13-22(19-6-1-2-7-21(19)27)30-24-20(26)14-28-32(23)24/h1-7,12-14,18,29H,8-11,15H2. The highest BCUT2D eigenvalue weighted by atomic mass is 79.9. The van der Waals surface area contributed by atoms with Crippen molar-refractivity contribution in [2.75, 3.05) is 18.4 Å². The zero-order chi connectivity index (χ0) is 22.1. The average Bonchev–Trinajstić information content (AvgIpc) is 3.16. The van der Waals surface area contributed by atoms with Crippen LogP contribution in [0.15, 0.2) is 69.7 Å². The first kappa shape index (κ1) is 21.9. The van der Waals surface area contributed by atoms with Crippen molar-refractivity contribution in [1.29, 1.82) is 0 Å². The van der Waals surface area contributed by atoms with Gasteiger partial charge in [0.15, 0.2) is 5.65 Å². The van der Waals surface area contributed by atoms with E-state index in [4.69, 9.17) is 16.6 Å². The van der Waals surface area contributed by atoms with Crippen LogP contribution in [-0.4, -0.2) is 38.6 Å². The van der Waals surface area contributed by atoms with Crippen molar-refractivity contribution in [2.45, 2.75) is 25.4 Å². The third-order valence-electron chi connectivity index (χ3n) is 5.81. The van der Waals surface area contributed by atoms with E-state index in [1.54, 1.807) is 6.20 Å². The van der Waals surface area contributed by atoms with Crippen LogP contribution < -0.4 is 5.32 Å². The maximum absolute atomic E-state index is 6.46. The Balaban J connectivity index is 1.34. The Kier molecular flexibility index (Phi) is 6.51. The van der Waals surface area contributed by atoms with Gasteiger partial charge in [-0.1, -0.05) is 57.9 Å². The fraction of sp³-hybridized carbons (Fsp3) is 0.250. The Hall–Kier alpha value is -1.93. The van der Waals surface area contributed by atoms with E-state index < -0.39 is 0 Å². The predicted octanol–water partition coefficient (Wildman–Crippen LogP) is 6.65. The summed E-state index contributed by atoms with van der Waals surface area (Å²) in [6.07, 6.45) is 3.92. The second-order valence-electron chi connectivity index (χ2n) is 8.06. The fourth-order valence-corrected chi connectivity index (χ4v) is 5.21. The molecule has 0 saturated carbocycles. The van der Waals surface area contributed by atoms with E-state index in [1.807, 2.05) is 34.8 Å². The Labute approximate surface area is 209 Å². The van der Waals surface area contributed by atoms with E-state index in [9.17, 15) is 0 Å². The summed E-state index contributed by atoms with van der Waals surface area (Å²) in [7, 11) is 0. The Morgan fingerprint density at radius 3 is 2.62 bits per heavy atom. The summed E-state index contributed by atoms with van der Waals surface area (Å²) in [6, 6.07) is 18.8. The van der Waals surface area contributed by atoms with Crippen LogP contribution in [0.25, 0.3) is 16.9 Å². The van der Waals surface area contributed by atoms with E-state index >= 15 is 0 Å². The molecule has 0 atom stereocenters. The molecule has 0 radical (unpaired) electrons. The predicted molar refractivity (Wildman–Crippen MR) is 137 cm³/mol. The topological polar surface area (TPSA) is 45.5 Å². The summed E-state index contributed by atoms with van der Waals surface area (Å²) in [5.41, 5.74) is 3.86. The van der Waals surface area contributed by atoms with Gasteiger partial charge in [-0.25, -0.2) is 4.98 Å². The van der Waals surface area contributed by atoms with Gasteiger partial charge in [-0.05, 0) is 52.5 Å². The van der Waals surface area contributed by atoms with Crippen molar-refractivity contribution in [3.63, 3.8) is 0 Å². The van der Waals surface area contributed by atoms with Gasteiger partial charge in [0.05, 0.1) is 16.4 Å². The molecule has 1 fully saturated rings. The lowest BCUT2D eigenvalue weighted by atomic mass is 10.0. The number of nitrogens with zero attached hydrogens (tertiary/aromatic N) is 4. The minimum absolute atomic E-state index is 0.376. The number of hydrogen-bond acceptors (Lipinski definition) is 4. The molecule has 0 spiro atoms. The lowest BCUT2D eigenvalue weighted by molar-refractivity contribution is 0.211. The molecule has 3 heterocycles. The normalized spacial score (nSPS) is 15.3. The van der Waals surface area contributed by atoms with Crippen LogP contribution in [0.2, 0.25) is 5.02 Å². The molecule has 0 amide bonds. The number of piperidine rings is 1. The van der Waals surface area contributed by atoms with Gasteiger partial charge in [0.25, 0.3) is 0 Å². The van der Waals surface area contributed by atoms with Gasteiger partial charge >= 0.3 is 0 Å². The van der Waals surface area contributed by atoms with E-state index in [-0.39, 0.29) is 0 Å². The minimum atomic E-state index is 0.376. The van der Waals surface area contributed by atoms with E-state index in [0.29, 0.717) is 11.1 Å². The molecule has 8 heteroatoms. The van der Waals surface area contributed by atoms with Crippen LogP contribution >= 0.6 is 43.5 Å². The highest BCUT2D eigenvalue weighted by molar-refractivity contribution is 9.11. The summed E-state index contributed by atoms with van der Waals surface area (Å²) < 4.78 is 3.85. The number of fused-ring (bicyclic) bond motifs is 1. The largest absolute Gasteiger partial charge is 0.367 e. The Morgan fingerprint density at radius 2 is 1.84 bits per heavy atom. The maximum atomic E-state index is 6.46. The van der Waals surface area contributed by atoms with Crippen molar-refractivity contribution >= 4 is 54.9 Å². The number of likely N-dealkylation sites (tertiary alicyclic amines) is 1. The molecule has 5 rings (SSSR count). The van der Waals surface area contributed by atoms with Crippen LogP contribution in [0, 0.1) is 0 Å². The summed E-state index contributed by atoms with van der Waals surface area (Å²) >= 11 is 13.6. The lowest BCUT2D eigenvalue weighted by Crippen LogP contribution is -2.39. The molecular weight excluding hydrogens is 554 g/mol. The smallest absolute Gasteiger partial charge is 0.172 e. The number of anilines is 1. The molecule has 1 N–H and O–H groups in total. The Bertz CT molecular complexity index is 1250. The highest BCUT2D eigenvalue weighted by Crippen LogP contribution is 2.31. The quantitative estimate of drug-likeness (QED) is 0.289. The van der Waals surface area contributed by atoms with Crippen LogP contribution in [0.4, 0.5) is 5.82 Å². The van der Waals surface area contributed by atoms with Crippen molar-refractivity contribution in [3.8, 4) is 11.3 Å².